The van der Waals surface area contributed by atoms with Crippen molar-refractivity contribution in [1.82, 2.24) is 0 Å². The second-order valence-electron chi connectivity index (χ2n) is 2.46. The maximum Gasteiger partial charge on any atom is 0.108 e. The van der Waals surface area contributed by atoms with Crippen LogP contribution in [-0.4, -0.2) is 6.61 Å². The zero-order valence-electron chi connectivity index (χ0n) is 5.68. The minimum Gasteiger partial charge on any atom is -0.368 e. The first-order valence-corrected chi connectivity index (χ1v) is 4.93. The summed E-state index contributed by atoms with van der Waals surface area (Å²) in [6.07, 6.45) is 0.306. The van der Waals surface area contributed by atoms with Crippen LogP contribution in [0.3, 0.4) is 0 Å². The standard InChI is InChI=1S/C8H6Br2O/c9-5-2-1-3-6(10)8(5)7-4-11-7/h1-3,7H,4H2/t7-/m0/s1. The summed E-state index contributed by atoms with van der Waals surface area (Å²) < 4.78 is 7.44. The molecule has 1 atom stereocenters. The molecule has 1 aromatic rings. The Morgan fingerprint density at radius 1 is 1.27 bits per heavy atom. The average molecular weight is 278 g/mol. The molecule has 0 spiro atoms. The average Bonchev–Trinajstić information content (AvgIpc) is 2.70. The first-order chi connectivity index (χ1) is 5.29. The molecule has 0 radical (unpaired) electrons. The van der Waals surface area contributed by atoms with Crippen LogP contribution < -0.4 is 0 Å². The van der Waals surface area contributed by atoms with Crippen LogP contribution in [0.4, 0.5) is 0 Å². The van der Waals surface area contributed by atoms with E-state index in [9.17, 15) is 0 Å². The van der Waals surface area contributed by atoms with E-state index in [0.717, 1.165) is 15.6 Å². The normalized spacial score (nSPS) is 21.8. The third-order valence-electron chi connectivity index (χ3n) is 1.66. The summed E-state index contributed by atoms with van der Waals surface area (Å²) in [7, 11) is 0. The molecular weight excluding hydrogens is 272 g/mol. The highest BCUT2D eigenvalue weighted by Crippen LogP contribution is 2.39. The van der Waals surface area contributed by atoms with Gasteiger partial charge in [0.15, 0.2) is 0 Å². The predicted molar refractivity (Wildman–Crippen MR) is 50.5 cm³/mol. The fourth-order valence-corrected chi connectivity index (χ4v) is 2.54. The molecule has 58 valence electrons. The molecule has 1 aromatic carbocycles. The molecule has 1 heterocycles. The van der Waals surface area contributed by atoms with E-state index in [2.05, 4.69) is 31.9 Å². The van der Waals surface area contributed by atoms with Crippen LogP contribution in [0.5, 0.6) is 0 Å². The monoisotopic (exact) mass is 276 g/mol. The Morgan fingerprint density at radius 3 is 2.27 bits per heavy atom. The van der Waals surface area contributed by atoms with Crippen molar-refractivity contribution in [2.24, 2.45) is 0 Å². The molecular formula is C8H6Br2O. The molecule has 0 amide bonds. The minimum atomic E-state index is 0.306. The SMILES string of the molecule is Brc1cccc(Br)c1[C@@H]1CO1. The van der Waals surface area contributed by atoms with E-state index in [1.807, 2.05) is 18.2 Å². The summed E-state index contributed by atoms with van der Waals surface area (Å²) in [6, 6.07) is 6.06. The lowest BCUT2D eigenvalue weighted by atomic mass is 10.2. The van der Waals surface area contributed by atoms with Gasteiger partial charge in [-0.2, -0.15) is 0 Å². The molecule has 2 rings (SSSR count). The molecule has 0 bridgehead atoms. The van der Waals surface area contributed by atoms with Crippen molar-refractivity contribution in [1.29, 1.82) is 0 Å². The molecule has 0 unspecified atom stereocenters. The topological polar surface area (TPSA) is 12.5 Å². The quantitative estimate of drug-likeness (QED) is 0.718. The Balaban J connectivity index is 2.48. The lowest BCUT2D eigenvalue weighted by Crippen LogP contribution is -1.84. The molecule has 1 aliphatic rings. The van der Waals surface area contributed by atoms with Gasteiger partial charge in [-0.25, -0.2) is 0 Å². The molecule has 3 heteroatoms. The van der Waals surface area contributed by atoms with Gasteiger partial charge < -0.3 is 4.74 Å². The minimum absolute atomic E-state index is 0.306. The van der Waals surface area contributed by atoms with Crippen LogP contribution in [0, 0.1) is 0 Å². The number of benzene rings is 1. The Morgan fingerprint density at radius 2 is 1.82 bits per heavy atom. The second-order valence-corrected chi connectivity index (χ2v) is 4.17. The molecule has 1 nitrogen and oxygen atoms in total. The highest BCUT2D eigenvalue weighted by atomic mass is 79.9. The molecule has 1 aliphatic heterocycles. The molecule has 0 N–H and O–H groups in total. The Labute approximate surface area is 82.0 Å². The summed E-state index contributed by atoms with van der Waals surface area (Å²) in [5, 5.41) is 0. The van der Waals surface area contributed by atoms with Crippen molar-refractivity contribution in [2.45, 2.75) is 6.10 Å². The van der Waals surface area contributed by atoms with E-state index < -0.39 is 0 Å². The fraction of sp³-hybridized carbons (Fsp3) is 0.250. The van der Waals surface area contributed by atoms with Gasteiger partial charge in [0.05, 0.1) is 6.61 Å². The highest BCUT2D eigenvalue weighted by molar-refractivity contribution is 9.11. The molecule has 1 saturated heterocycles. The van der Waals surface area contributed by atoms with Gasteiger partial charge in [-0.05, 0) is 12.1 Å². The van der Waals surface area contributed by atoms with Crippen LogP contribution in [0.25, 0.3) is 0 Å². The summed E-state index contributed by atoms with van der Waals surface area (Å²) in [5.41, 5.74) is 1.23. The van der Waals surface area contributed by atoms with Gasteiger partial charge in [0.25, 0.3) is 0 Å². The number of ether oxygens (including phenoxy) is 1. The second kappa shape index (κ2) is 2.88. The van der Waals surface area contributed by atoms with E-state index in [4.69, 9.17) is 4.74 Å². The number of halogens is 2. The maximum absolute atomic E-state index is 5.20. The number of hydrogen-bond acceptors (Lipinski definition) is 1. The smallest absolute Gasteiger partial charge is 0.108 e. The van der Waals surface area contributed by atoms with Gasteiger partial charge in [-0.1, -0.05) is 37.9 Å². The van der Waals surface area contributed by atoms with Gasteiger partial charge in [-0.3, -0.25) is 0 Å². The van der Waals surface area contributed by atoms with Crippen LogP contribution in [0.2, 0.25) is 0 Å². The van der Waals surface area contributed by atoms with Crippen LogP contribution in [-0.2, 0) is 4.74 Å². The van der Waals surface area contributed by atoms with E-state index in [0.29, 0.717) is 6.10 Å². The third kappa shape index (κ3) is 1.50. The fourth-order valence-electron chi connectivity index (χ4n) is 1.03. The first kappa shape index (κ1) is 7.77. The van der Waals surface area contributed by atoms with E-state index >= 15 is 0 Å². The Kier molecular flexibility index (Phi) is 2.04. The van der Waals surface area contributed by atoms with Crippen LogP contribution in [0.15, 0.2) is 27.1 Å². The van der Waals surface area contributed by atoms with Crippen molar-refractivity contribution < 1.29 is 4.74 Å². The van der Waals surface area contributed by atoms with Crippen molar-refractivity contribution >= 4 is 31.9 Å². The number of rotatable bonds is 1. The van der Waals surface area contributed by atoms with Crippen molar-refractivity contribution in [2.75, 3.05) is 6.61 Å². The summed E-state index contributed by atoms with van der Waals surface area (Å²) in [5.74, 6) is 0. The largest absolute Gasteiger partial charge is 0.368 e. The number of epoxide rings is 1. The van der Waals surface area contributed by atoms with Gasteiger partial charge in [0.1, 0.15) is 6.10 Å². The van der Waals surface area contributed by atoms with Gasteiger partial charge in [0, 0.05) is 14.5 Å². The molecule has 1 fully saturated rings. The molecule has 0 saturated carbocycles. The molecule has 11 heavy (non-hydrogen) atoms. The maximum atomic E-state index is 5.20. The number of hydrogen-bond donors (Lipinski definition) is 0. The van der Waals surface area contributed by atoms with Gasteiger partial charge in [0.2, 0.25) is 0 Å². The van der Waals surface area contributed by atoms with Crippen molar-refractivity contribution in [3.8, 4) is 0 Å². The third-order valence-corrected chi connectivity index (χ3v) is 3.04. The summed E-state index contributed by atoms with van der Waals surface area (Å²) in [6.45, 7) is 0.848. The first-order valence-electron chi connectivity index (χ1n) is 3.34. The highest BCUT2D eigenvalue weighted by Gasteiger charge is 2.28. The van der Waals surface area contributed by atoms with Gasteiger partial charge >= 0.3 is 0 Å². The van der Waals surface area contributed by atoms with E-state index in [1.165, 1.54) is 5.56 Å². The van der Waals surface area contributed by atoms with Crippen molar-refractivity contribution in [3.63, 3.8) is 0 Å². The molecule has 0 aromatic heterocycles. The van der Waals surface area contributed by atoms with Crippen LogP contribution >= 0.6 is 31.9 Å². The van der Waals surface area contributed by atoms with Gasteiger partial charge in [-0.15, -0.1) is 0 Å². The summed E-state index contributed by atoms with van der Waals surface area (Å²) >= 11 is 6.96. The Hall–Kier alpha value is 0.140. The molecule has 0 aliphatic carbocycles. The van der Waals surface area contributed by atoms with E-state index in [1.54, 1.807) is 0 Å². The zero-order valence-corrected chi connectivity index (χ0v) is 8.85. The van der Waals surface area contributed by atoms with Crippen molar-refractivity contribution in [3.05, 3.63) is 32.7 Å². The van der Waals surface area contributed by atoms with E-state index in [-0.39, 0.29) is 0 Å². The lowest BCUT2D eigenvalue weighted by Gasteiger charge is -2.01. The zero-order chi connectivity index (χ0) is 7.84. The van der Waals surface area contributed by atoms with Crippen LogP contribution in [0.1, 0.15) is 11.7 Å². The Bertz CT molecular complexity index is 261. The predicted octanol–water partition coefficient (Wildman–Crippen LogP) is 3.28. The summed E-state index contributed by atoms with van der Waals surface area (Å²) in [4.78, 5) is 0. The lowest BCUT2D eigenvalue weighted by molar-refractivity contribution is 0.414.